The molecule has 0 heterocycles. The molecule has 12 heavy (non-hydrogen) atoms. The van der Waals surface area contributed by atoms with Crippen molar-refractivity contribution >= 4 is 29.0 Å². The summed E-state index contributed by atoms with van der Waals surface area (Å²) in [7, 11) is 0. The standard InChI is InChI=1S/C8H5ClFNS/c9-7-1-2-8(10)6(3-7)4-11-5-12/h1-3H,4H2. The van der Waals surface area contributed by atoms with Gasteiger partial charge in [-0.2, -0.15) is 0 Å². The predicted molar refractivity (Wildman–Crippen MR) is 50.1 cm³/mol. The Kier molecular flexibility index (Phi) is 3.35. The molecule has 0 spiro atoms. The fourth-order valence-electron chi connectivity index (χ4n) is 0.782. The van der Waals surface area contributed by atoms with Crippen molar-refractivity contribution in [3.8, 4) is 0 Å². The largest absolute Gasteiger partial charge is 0.228 e. The van der Waals surface area contributed by atoms with Crippen molar-refractivity contribution in [2.24, 2.45) is 4.99 Å². The lowest BCUT2D eigenvalue weighted by Gasteiger charge is -1.97. The van der Waals surface area contributed by atoms with Crippen LogP contribution in [0.5, 0.6) is 0 Å². The van der Waals surface area contributed by atoms with Gasteiger partial charge in [0, 0.05) is 10.6 Å². The molecular weight excluding hydrogens is 197 g/mol. The zero-order chi connectivity index (χ0) is 8.97. The van der Waals surface area contributed by atoms with E-state index in [1.807, 2.05) is 0 Å². The lowest BCUT2D eigenvalue weighted by Crippen LogP contribution is -1.87. The van der Waals surface area contributed by atoms with Gasteiger partial charge in [-0.05, 0) is 30.4 Å². The van der Waals surface area contributed by atoms with E-state index in [0.29, 0.717) is 10.6 Å². The van der Waals surface area contributed by atoms with E-state index in [-0.39, 0.29) is 12.4 Å². The summed E-state index contributed by atoms with van der Waals surface area (Å²) in [5.41, 5.74) is 0.430. The number of thiocarbonyl (C=S) groups is 1. The summed E-state index contributed by atoms with van der Waals surface area (Å²) < 4.78 is 12.9. The average Bonchev–Trinajstić information content (AvgIpc) is 2.07. The maximum absolute atomic E-state index is 12.9. The molecule has 0 aliphatic carbocycles. The van der Waals surface area contributed by atoms with Gasteiger partial charge in [-0.3, -0.25) is 0 Å². The molecule has 1 nitrogen and oxygen atoms in total. The van der Waals surface area contributed by atoms with Gasteiger partial charge in [0.2, 0.25) is 0 Å². The van der Waals surface area contributed by atoms with E-state index in [2.05, 4.69) is 22.4 Å². The molecule has 0 aliphatic heterocycles. The SMILES string of the molecule is Fc1ccc(Cl)cc1CN=C=S. The molecule has 1 aromatic rings. The minimum atomic E-state index is -0.326. The third-order valence-corrected chi connectivity index (χ3v) is 1.69. The quantitative estimate of drug-likeness (QED) is 0.529. The highest BCUT2D eigenvalue weighted by molar-refractivity contribution is 7.78. The van der Waals surface area contributed by atoms with Gasteiger partial charge in [-0.1, -0.05) is 11.6 Å². The first kappa shape index (κ1) is 9.33. The normalized spacial score (nSPS) is 9.17. The molecule has 0 amide bonds. The molecule has 0 N–H and O–H groups in total. The van der Waals surface area contributed by atoms with Crippen molar-refractivity contribution < 1.29 is 4.39 Å². The average molecular weight is 202 g/mol. The molecule has 0 radical (unpaired) electrons. The maximum atomic E-state index is 12.9. The van der Waals surface area contributed by atoms with E-state index in [1.54, 1.807) is 0 Å². The topological polar surface area (TPSA) is 12.4 Å². The monoisotopic (exact) mass is 201 g/mol. The molecule has 0 unspecified atom stereocenters. The highest BCUT2D eigenvalue weighted by Crippen LogP contribution is 2.15. The first-order chi connectivity index (χ1) is 5.74. The number of aliphatic imine (C=N–C) groups is 1. The molecule has 0 fully saturated rings. The molecule has 4 heteroatoms. The van der Waals surface area contributed by atoms with Crippen molar-refractivity contribution in [3.63, 3.8) is 0 Å². The van der Waals surface area contributed by atoms with Crippen molar-refractivity contribution in [3.05, 3.63) is 34.6 Å². The number of halogens is 2. The zero-order valence-electron chi connectivity index (χ0n) is 6.05. The molecular formula is C8H5ClFNS. The van der Waals surface area contributed by atoms with Gasteiger partial charge in [0.15, 0.2) is 0 Å². The Bertz CT molecular complexity index is 334. The Morgan fingerprint density at radius 2 is 2.33 bits per heavy atom. The Morgan fingerprint density at radius 1 is 1.58 bits per heavy atom. The van der Waals surface area contributed by atoms with E-state index in [1.165, 1.54) is 18.2 Å². The predicted octanol–water partition coefficient (Wildman–Crippen LogP) is 3.08. The van der Waals surface area contributed by atoms with Crippen LogP contribution in [0.25, 0.3) is 0 Å². The first-order valence-electron chi connectivity index (χ1n) is 3.21. The Hall–Kier alpha value is -0.760. The van der Waals surface area contributed by atoms with Gasteiger partial charge in [-0.25, -0.2) is 9.38 Å². The van der Waals surface area contributed by atoms with E-state index < -0.39 is 0 Å². The fraction of sp³-hybridized carbons (Fsp3) is 0.125. The summed E-state index contributed by atoms with van der Waals surface area (Å²) in [6, 6.07) is 4.31. The van der Waals surface area contributed by atoms with E-state index >= 15 is 0 Å². The number of benzene rings is 1. The number of nitrogens with zero attached hydrogens (tertiary/aromatic N) is 1. The van der Waals surface area contributed by atoms with Crippen molar-refractivity contribution in [1.82, 2.24) is 0 Å². The maximum Gasteiger partial charge on any atom is 0.128 e. The third kappa shape index (κ3) is 2.38. The molecule has 62 valence electrons. The minimum absolute atomic E-state index is 0.190. The molecule has 0 bridgehead atoms. The number of rotatable bonds is 2. The van der Waals surface area contributed by atoms with Crippen LogP contribution in [0.15, 0.2) is 23.2 Å². The van der Waals surface area contributed by atoms with Crippen LogP contribution < -0.4 is 0 Å². The van der Waals surface area contributed by atoms with Crippen molar-refractivity contribution in [2.45, 2.75) is 6.54 Å². The summed E-state index contributed by atoms with van der Waals surface area (Å²) in [6.07, 6.45) is 0. The van der Waals surface area contributed by atoms with Gasteiger partial charge >= 0.3 is 0 Å². The molecule has 1 rings (SSSR count). The second-order valence-corrected chi connectivity index (χ2v) is 2.76. The zero-order valence-corrected chi connectivity index (χ0v) is 7.62. The second-order valence-electron chi connectivity index (χ2n) is 2.14. The van der Waals surface area contributed by atoms with Crippen molar-refractivity contribution in [2.75, 3.05) is 0 Å². The van der Waals surface area contributed by atoms with Crippen LogP contribution in [0.4, 0.5) is 4.39 Å². The molecule has 0 saturated heterocycles. The van der Waals surface area contributed by atoms with Gasteiger partial charge in [0.05, 0.1) is 11.7 Å². The second kappa shape index (κ2) is 4.31. The Balaban J connectivity index is 2.96. The number of hydrogen-bond acceptors (Lipinski definition) is 2. The lowest BCUT2D eigenvalue weighted by molar-refractivity contribution is 0.611. The number of hydrogen-bond donors (Lipinski definition) is 0. The fourth-order valence-corrected chi connectivity index (χ4v) is 1.04. The smallest absolute Gasteiger partial charge is 0.128 e. The Morgan fingerprint density at radius 3 is 3.00 bits per heavy atom. The highest BCUT2D eigenvalue weighted by atomic mass is 35.5. The molecule has 1 aromatic carbocycles. The van der Waals surface area contributed by atoms with Crippen LogP contribution in [0.2, 0.25) is 5.02 Å². The van der Waals surface area contributed by atoms with Crippen LogP contribution in [-0.4, -0.2) is 5.16 Å². The number of isothiocyanates is 1. The van der Waals surface area contributed by atoms with E-state index in [0.717, 1.165) is 0 Å². The van der Waals surface area contributed by atoms with Crippen LogP contribution in [-0.2, 0) is 6.54 Å². The summed E-state index contributed by atoms with van der Waals surface area (Å²) in [5.74, 6) is -0.326. The summed E-state index contributed by atoms with van der Waals surface area (Å²) in [6.45, 7) is 0.190. The molecule has 0 aromatic heterocycles. The van der Waals surface area contributed by atoms with E-state index in [9.17, 15) is 4.39 Å². The van der Waals surface area contributed by atoms with Crippen LogP contribution >= 0.6 is 23.8 Å². The van der Waals surface area contributed by atoms with Crippen LogP contribution in [0, 0.1) is 5.82 Å². The van der Waals surface area contributed by atoms with Gasteiger partial charge in [0.1, 0.15) is 5.82 Å². The molecule has 0 saturated carbocycles. The first-order valence-corrected chi connectivity index (χ1v) is 4.00. The summed E-state index contributed by atoms with van der Waals surface area (Å²) in [4.78, 5) is 3.61. The summed E-state index contributed by atoms with van der Waals surface area (Å²) >= 11 is 10.00. The van der Waals surface area contributed by atoms with Gasteiger partial charge in [0.25, 0.3) is 0 Å². The van der Waals surface area contributed by atoms with Crippen LogP contribution in [0.3, 0.4) is 0 Å². The van der Waals surface area contributed by atoms with Crippen LogP contribution in [0.1, 0.15) is 5.56 Å². The Labute approximate surface area is 79.9 Å². The molecule has 0 atom stereocenters. The summed E-state index contributed by atoms with van der Waals surface area (Å²) in [5, 5.41) is 2.65. The lowest BCUT2D eigenvalue weighted by atomic mass is 10.2. The van der Waals surface area contributed by atoms with Gasteiger partial charge in [-0.15, -0.1) is 0 Å². The minimum Gasteiger partial charge on any atom is -0.228 e. The van der Waals surface area contributed by atoms with Crippen molar-refractivity contribution in [1.29, 1.82) is 0 Å². The van der Waals surface area contributed by atoms with Gasteiger partial charge < -0.3 is 0 Å². The molecule has 0 aliphatic rings. The van der Waals surface area contributed by atoms with E-state index in [4.69, 9.17) is 11.6 Å². The third-order valence-electron chi connectivity index (χ3n) is 1.32. The highest BCUT2D eigenvalue weighted by Gasteiger charge is 2.00.